The van der Waals surface area contributed by atoms with Crippen LogP contribution in [-0.2, 0) is 9.47 Å². The maximum absolute atomic E-state index is 6.22. The van der Waals surface area contributed by atoms with Gasteiger partial charge in [-0.05, 0) is 36.5 Å². The molecule has 118 valence electrons. The minimum absolute atomic E-state index is 0.114. The molecular weight excluding hydrogens is 330 g/mol. The molecule has 0 amide bonds. The van der Waals surface area contributed by atoms with E-state index in [9.17, 15) is 0 Å². The highest BCUT2D eigenvalue weighted by molar-refractivity contribution is 9.10. The molecule has 0 aromatic heterocycles. The average Bonchev–Trinajstić information content (AvgIpc) is 2.49. The highest BCUT2D eigenvalue weighted by Crippen LogP contribution is 2.23. The summed E-state index contributed by atoms with van der Waals surface area (Å²) >= 11 is 3.49. The van der Waals surface area contributed by atoms with Crippen molar-refractivity contribution in [2.45, 2.75) is 38.8 Å². The lowest BCUT2D eigenvalue weighted by Crippen LogP contribution is -2.30. The molecule has 1 saturated heterocycles. The molecule has 1 aliphatic heterocycles. The highest BCUT2D eigenvalue weighted by atomic mass is 79.9. The number of nitrogens with one attached hydrogen (secondary N) is 1. The molecule has 1 aromatic rings. The molecule has 3 nitrogen and oxygen atoms in total. The van der Waals surface area contributed by atoms with Crippen molar-refractivity contribution in [1.82, 2.24) is 5.32 Å². The van der Waals surface area contributed by atoms with Crippen LogP contribution in [0.2, 0.25) is 0 Å². The van der Waals surface area contributed by atoms with Crippen molar-refractivity contribution in [2.75, 3.05) is 26.4 Å². The number of ether oxygens (including phenoxy) is 2. The van der Waals surface area contributed by atoms with Gasteiger partial charge in [0.25, 0.3) is 0 Å². The molecule has 0 aliphatic carbocycles. The molecule has 4 heteroatoms. The van der Waals surface area contributed by atoms with Crippen LogP contribution in [0.5, 0.6) is 0 Å². The van der Waals surface area contributed by atoms with Gasteiger partial charge in [0.05, 0.1) is 12.7 Å². The molecule has 1 fully saturated rings. The van der Waals surface area contributed by atoms with E-state index < -0.39 is 0 Å². The molecule has 0 saturated carbocycles. The number of hydrogen-bond acceptors (Lipinski definition) is 3. The van der Waals surface area contributed by atoms with E-state index in [1.807, 2.05) is 0 Å². The largest absolute Gasteiger partial charge is 0.381 e. The molecule has 2 rings (SSSR count). The fourth-order valence-electron chi connectivity index (χ4n) is 2.46. The van der Waals surface area contributed by atoms with Crippen LogP contribution < -0.4 is 5.32 Å². The Morgan fingerprint density at radius 1 is 1.24 bits per heavy atom. The topological polar surface area (TPSA) is 30.5 Å². The van der Waals surface area contributed by atoms with Gasteiger partial charge < -0.3 is 14.8 Å². The van der Waals surface area contributed by atoms with Crippen molar-refractivity contribution in [3.8, 4) is 0 Å². The van der Waals surface area contributed by atoms with Crippen LogP contribution in [0.1, 0.15) is 38.4 Å². The monoisotopic (exact) mass is 355 g/mol. The minimum Gasteiger partial charge on any atom is -0.381 e. The molecule has 1 unspecified atom stereocenters. The van der Waals surface area contributed by atoms with E-state index in [1.54, 1.807) is 0 Å². The quantitative estimate of drug-likeness (QED) is 0.803. The summed E-state index contributed by atoms with van der Waals surface area (Å²) in [5.41, 5.74) is 1.23. The number of halogens is 1. The second kappa shape index (κ2) is 8.89. The molecule has 21 heavy (non-hydrogen) atoms. The molecular formula is C17H26BrNO2. The van der Waals surface area contributed by atoms with E-state index in [0.29, 0.717) is 12.0 Å². The summed E-state index contributed by atoms with van der Waals surface area (Å²) < 4.78 is 12.7. The Morgan fingerprint density at radius 2 is 1.90 bits per heavy atom. The first-order valence-corrected chi connectivity index (χ1v) is 8.62. The van der Waals surface area contributed by atoms with Crippen molar-refractivity contribution < 1.29 is 9.47 Å². The second-order valence-electron chi connectivity index (χ2n) is 5.99. The van der Waals surface area contributed by atoms with Crippen LogP contribution in [0.25, 0.3) is 0 Å². The van der Waals surface area contributed by atoms with Crippen LogP contribution >= 0.6 is 15.9 Å². The highest BCUT2D eigenvalue weighted by Gasteiger charge is 2.18. The van der Waals surface area contributed by atoms with Crippen molar-refractivity contribution in [3.05, 3.63) is 34.3 Å². The van der Waals surface area contributed by atoms with Crippen LogP contribution in [0, 0.1) is 5.92 Å². The molecule has 1 atom stereocenters. The maximum Gasteiger partial charge on any atom is 0.0949 e. The lowest BCUT2D eigenvalue weighted by Gasteiger charge is -2.26. The second-order valence-corrected chi connectivity index (χ2v) is 6.91. The zero-order valence-electron chi connectivity index (χ0n) is 13.0. The van der Waals surface area contributed by atoms with Crippen LogP contribution in [0.3, 0.4) is 0 Å². The zero-order valence-corrected chi connectivity index (χ0v) is 14.6. The molecule has 0 bridgehead atoms. The van der Waals surface area contributed by atoms with Gasteiger partial charge >= 0.3 is 0 Å². The third kappa shape index (κ3) is 6.07. The summed E-state index contributed by atoms with van der Waals surface area (Å²) in [6.45, 7) is 7.75. The molecule has 1 N–H and O–H groups in total. The van der Waals surface area contributed by atoms with Gasteiger partial charge in [0, 0.05) is 30.3 Å². The first-order valence-electron chi connectivity index (χ1n) is 7.83. The number of rotatable bonds is 7. The standard InChI is InChI=1S/C17H26BrNO2/c1-13(2)19-11-17(15-3-5-16(18)6-4-15)21-12-14-7-9-20-10-8-14/h3-6,13-14,17,19H,7-12H2,1-2H3. The van der Waals surface area contributed by atoms with Crippen LogP contribution in [-0.4, -0.2) is 32.4 Å². The van der Waals surface area contributed by atoms with Gasteiger partial charge in [-0.15, -0.1) is 0 Å². The Bertz CT molecular complexity index is 402. The first kappa shape index (κ1) is 16.9. The van der Waals surface area contributed by atoms with E-state index in [-0.39, 0.29) is 6.10 Å². The Kier molecular flexibility index (Phi) is 7.17. The van der Waals surface area contributed by atoms with Gasteiger partial charge in [0.1, 0.15) is 0 Å². The van der Waals surface area contributed by atoms with Crippen molar-refractivity contribution in [1.29, 1.82) is 0 Å². The van der Waals surface area contributed by atoms with Gasteiger partial charge in [0.15, 0.2) is 0 Å². The molecule has 1 aliphatic rings. The molecule has 0 spiro atoms. The minimum atomic E-state index is 0.114. The zero-order chi connectivity index (χ0) is 15.1. The normalized spacial score (nSPS) is 18.1. The van der Waals surface area contributed by atoms with Crippen molar-refractivity contribution >= 4 is 15.9 Å². The van der Waals surface area contributed by atoms with Gasteiger partial charge in [-0.3, -0.25) is 0 Å². The van der Waals surface area contributed by atoms with E-state index >= 15 is 0 Å². The Labute approximate surface area is 136 Å². The summed E-state index contributed by atoms with van der Waals surface area (Å²) in [4.78, 5) is 0. The predicted molar refractivity (Wildman–Crippen MR) is 89.5 cm³/mol. The van der Waals surface area contributed by atoms with E-state index in [0.717, 1.165) is 43.7 Å². The summed E-state index contributed by atoms with van der Waals surface area (Å²) in [5, 5.41) is 3.48. The van der Waals surface area contributed by atoms with E-state index in [4.69, 9.17) is 9.47 Å². The van der Waals surface area contributed by atoms with Crippen molar-refractivity contribution in [3.63, 3.8) is 0 Å². The van der Waals surface area contributed by atoms with Crippen molar-refractivity contribution in [2.24, 2.45) is 5.92 Å². The summed E-state index contributed by atoms with van der Waals surface area (Å²) in [5.74, 6) is 0.635. The maximum atomic E-state index is 6.22. The van der Waals surface area contributed by atoms with Gasteiger partial charge in [0.2, 0.25) is 0 Å². The average molecular weight is 356 g/mol. The lowest BCUT2D eigenvalue weighted by molar-refractivity contribution is -0.0119. The number of hydrogen-bond donors (Lipinski definition) is 1. The SMILES string of the molecule is CC(C)NCC(OCC1CCOCC1)c1ccc(Br)cc1. The Morgan fingerprint density at radius 3 is 2.52 bits per heavy atom. The Balaban J connectivity index is 1.92. The lowest BCUT2D eigenvalue weighted by atomic mass is 10.0. The van der Waals surface area contributed by atoms with Crippen LogP contribution in [0.4, 0.5) is 0 Å². The van der Waals surface area contributed by atoms with E-state index in [1.165, 1.54) is 5.56 Å². The number of benzene rings is 1. The third-order valence-electron chi connectivity index (χ3n) is 3.83. The summed E-state index contributed by atoms with van der Waals surface area (Å²) in [6.07, 6.45) is 2.35. The molecule has 0 radical (unpaired) electrons. The van der Waals surface area contributed by atoms with Gasteiger partial charge in [-0.2, -0.15) is 0 Å². The Hall–Kier alpha value is -0.420. The predicted octanol–water partition coefficient (Wildman–Crippen LogP) is 3.93. The van der Waals surface area contributed by atoms with Gasteiger partial charge in [-0.25, -0.2) is 0 Å². The summed E-state index contributed by atoms with van der Waals surface area (Å²) in [6, 6.07) is 8.90. The summed E-state index contributed by atoms with van der Waals surface area (Å²) in [7, 11) is 0. The smallest absolute Gasteiger partial charge is 0.0949 e. The molecule has 1 aromatic carbocycles. The van der Waals surface area contributed by atoms with E-state index in [2.05, 4.69) is 59.4 Å². The molecule has 1 heterocycles. The third-order valence-corrected chi connectivity index (χ3v) is 4.36. The fourth-order valence-corrected chi connectivity index (χ4v) is 2.72. The van der Waals surface area contributed by atoms with Gasteiger partial charge in [-0.1, -0.05) is 41.9 Å². The fraction of sp³-hybridized carbons (Fsp3) is 0.647. The first-order chi connectivity index (χ1) is 10.1. The van der Waals surface area contributed by atoms with Crippen LogP contribution in [0.15, 0.2) is 28.7 Å².